The minimum absolute atomic E-state index is 0.0828. The summed E-state index contributed by atoms with van der Waals surface area (Å²) in [4.78, 5) is 14.7. The molecule has 0 saturated heterocycles. The second kappa shape index (κ2) is 5.21. The predicted molar refractivity (Wildman–Crippen MR) is 54.7 cm³/mol. The van der Waals surface area contributed by atoms with E-state index >= 15 is 0 Å². The second-order valence-corrected chi connectivity index (χ2v) is 3.55. The average Bonchev–Trinajstić information content (AvgIpc) is 2.15. The third-order valence-corrected chi connectivity index (χ3v) is 2.33. The average molecular weight is 250 g/mol. The topological polar surface area (TPSA) is 39.2 Å². The minimum atomic E-state index is -2.67. The summed E-state index contributed by atoms with van der Waals surface area (Å²) in [6, 6.07) is 1.41. The van der Waals surface area contributed by atoms with E-state index < -0.39 is 12.4 Å². The fourth-order valence-corrected chi connectivity index (χ4v) is 1.62. The number of aryl methyl sites for hydroxylation is 1. The molecule has 1 aromatic rings. The lowest BCUT2D eigenvalue weighted by Crippen LogP contribution is -2.07. The number of hydrogen-bond donors (Lipinski definition) is 0. The van der Waals surface area contributed by atoms with Gasteiger partial charge in [0.1, 0.15) is 5.15 Å². The zero-order valence-electron chi connectivity index (χ0n) is 8.76. The molecule has 1 heterocycles. The number of aromatic nitrogens is 1. The normalized spacial score (nSPS) is 10.6. The van der Waals surface area contributed by atoms with Gasteiger partial charge in [-0.3, -0.25) is 4.79 Å². The summed E-state index contributed by atoms with van der Waals surface area (Å²) in [5.41, 5.74) is 0.336. The first-order valence-electron chi connectivity index (χ1n) is 4.46. The van der Waals surface area contributed by atoms with Gasteiger partial charge < -0.3 is 4.74 Å². The molecule has 0 radical (unpaired) electrons. The van der Waals surface area contributed by atoms with Crippen LogP contribution < -0.4 is 0 Å². The minimum Gasteiger partial charge on any atom is -0.469 e. The number of ether oxygens (including phenoxy) is 1. The van der Waals surface area contributed by atoms with Crippen LogP contribution in [0, 0.1) is 6.92 Å². The Balaban J connectivity index is 3.05. The highest BCUT2D eigenvalue weighted by atomic mass is 35.5. The number of carbonyl (C=O) groups is 1. The Morgan fingerprint density at radius 3 is 2.69 bits per heavy atom. The molecular weight excluding hydrogens is 240 g/mol. The third kappa shape index (κ3) is 2.88. The van der Waals surface area contributed by atoms with Crippen molar-refractivity contribution in [1.29, 1.82) is 0 Å². The number of pyridine rings is 1. The molecule has 0 atom stereocenters. The van der Waals surface area contributed by atoms with Crippen LogP contribution >= 0.6 is 11.6 Å². The van der Waals surface area contributed by atoms with Gasteiger partial charge in [-0.15, -0.1) is 0 Å². The number of esters is 1. The lowest BCUT2D eigenvalue weighted by molar-refractivity contribution is -0.139. The number of nitrogens with zero attached hydrogens (tertiary/aromatic N) is 1. The molecule has 0 amide bonds. The molecule has 0 aromatic carbocycles. The number of carbonyl (C=O) groups excluding carboxylic acids is 1. The maximum atomic E-state index is 12.5. The molecule has 3 nitrogen and oxygen atoms in total. The van der Waals surface area contributed by atoms with Crippen molar-refractivity contribution in [3.63, 3.8) is 0 Å². The van der Waals surface area contributed by atoms with Crippen molar-refractivity contribution >= 4 is 17.6 Å². The quantitative estimate of drug-likeness (QED) is 0.611. The van der Waals surface area contributed by atoms with E-state index in [4.69, 9.17) is 11.6 Å². The van der Waals surface area contributed by atoms with Gasteiger partial charge in [0.15, 0.2) is 0 Å². The van der Waals surface area contributed by atoms with Gasteiger partial charge in [0, 0.05) is 0 Å². The Labute approximate surface area is 96.4 Å². The van der Waals surface area contributed by atoms with E-state index in [2.05, 4.69) is 9.72 Å². The second-order valence-electron chi connectivity index (χ2n) is 3.19. The van der Waals surface area contributed by atoms with Crippen LogP contribution in [0.4, 0.5) is 8.78 Å². The van der Waals surface area contributed by atoms with Gasteiger partial charge in [-0.25, -0.2) is 13.8 Å². The lowest BCUT2D eigenvalue weighted by atomic mass is 10.1. The summed E-state index contributed by atoms with van der Waals surface area (Å²) >= 11 is 5.61. The van der Waals surface area contributed by atoms with Crippen LogP contribution in [0.3, 0.4) is 0 Å². The lowest BCUT2D eigenvalue weighted by Gasteiger charge is -2.08. The smallest absolute Gasteiger partial charge is 0.311 e. The first kappa shape index (κ1) is 12.8. The van der Waals surface area contributed by atoms with Crippen molar-refractivity contribution in [3.05, 3.63) is 28.0 Å². The SMILES string of the molecule is COC(=O)Cc1cc(C)c(C(F)F)c(Cl)n1. The van der Waals surface area contributed by atoms with Gasteiger partial charge in [-0.05, 0) is 18.6 Å². The molecule has 0 aliphatic carbocycles. The van der Waals surface area contributed by atoms with Crippen molar-refractivity contribution in [1.82, 2.24) is 4.98 Å². The Morgan fingerprint density at radius 1 is 1.62 bits per heavy atom. The number of rotatable bonds is 3. The Morgan fingerprint density at radius 2 is 2.25 bits per heavy atom. The van der Waals surface area contributed by atoms with E-state index in [0.717, 1.165) is 0 Å². The molecule has 0 aliphatic rings. The standard InChI is InChI=1S/C10H10ClF2NO2/c1-5-3-6(4-7(15)16-2)14-9(11)8(5)10(12)13/h3,10H,4H2,1-2H3. The molecule has 0 aliphatic heterocycles. The fraction of sp³-hybridized carbons (Fsp3) is 0.400. The molecule has 0 fully saturated rings. The first-order chi connectivity index (χ1) is 7.45. The van der Waals surface area contributed by atoms with E-state index in [1.54, 1.807) is 0 Å². The first-order valence-corrected chi connectivity index (χ1v) is 4.84. The molecule has 1 rings (SSSR count). The van der Waals surface area contributed by atoms with Crippen LogP contribution in [-0.2, 0) is 16.0 Å². The van der Waals surface area contributed by atoms with Crippen LogP contribution in [0.2, 0.25) is 5.15 Å². The largest absolute Gasteiger partial charge is 0.469 e. The molecule has 6 heteroatoms. The van der Waals surface area contributed by atoms with Gasteiger partial charge >= 0.3 is 5.97 Å². The third-order valence-electron chi connectivity index (χ3n) is 2.04. The van der Waals surface area contributed by atoms with E-state index in [1.165, 1.54) is 20.1 Å². The summed E-state index contributed by atoms with van der Waals surface area (Å²) in [6.07, 6.45) is -2.76. The summed E-state index contributed by atoms with van der Waals surface area (Å²) < 4.78 is 29.5. The van der Waals surface area contributed by atoms with Gasteiger partial charge in [0.25, 0.3) is 6.43 Å². The molecule has 88 valence electrons. The van der Waals surface area contributed by atoms with E-state index in [0.29, 0.717) is 11.3 Å². The van der Waals surface area contributed by atoms with E-state index in [-0.39, 0.29) is 17.1 Å². The van der Waals surface area contributed by atoms with Crippen LogP contribution in [0.25, 0.3) is 0 Å². The van der Waals surface area contributed by atoms with Crippen LogP contribution in [0.15, 0.2) is 6.07 Å². The van der Waals surface area contributed by atoms with Crippen LogP contribution in [0.5, 0.6) is 0 Å². The summed E-state index contributed by atoms with van der Waals surface area (Å²) in [7, 11) is 1.24. The number of halogens is 3. The number of methoxy groups -OCH3 is 1. The van der Waals surface area contributed by atoms with Crippen molar-refractivity contribution < 1.29 is 18.3 Å². The van der Waals surface area contributed by atoms with Gasteiger partial charge in [-0.1, -0.05) is 11.6 Å². The fourth-order valence-electron chi connectivity index (χ4n) is 1.28. The van der Waals surface area contributed by atoms with Crippen molar-refractivity contribution in [3.8, 4) is 0 Å². The molecular formula is C10H10ClF2NO2. The van der Waals surface area contributed by atoms with Gasteiger partial charge in [0.05, 0.1) is 24.8 Å². The van der Waals surface area contributed by atoms with E-state index in [1.807, 2.05) is 0 Å². The van der Waals surface area contributed by atoms with Gasteiger partial charge in [0.2, 0.25) is 0 Å². The monoisotopic (exact) mass is 249 g/mol. The molecule has 0 unspecified atom stereocenters. The molecule has 0 spiro atoms. The number of hydrogen-bond acceptors (Lipinski definition) is 3. The van der Waals surface area contributed by atoms with Crippen LogP contribution in [-0.4, -0.2) is 18.1 Å². The Kier molecular flexibility index (Phi) is 4.18. The Hall–Kier alpha value is -1.23. The molecule has 16 heavy (non-hydrogen) atoms. The zero-order chi connectivity index (χ0) is 12.3. The molecule has 0 N–H and O–H groups in total. The molecule has 1 aromatic heterocycles. The Bertz CT molecular complexity index is 387. The van der Waals surface area contributed by atoms with Gasteiger partial charge in [-0.2, -0.15) is 0 Å². The van der Waals surface area contributed by atoms with Crippen molar-refractivity contribution in [2.75, 3.05) is 7.11 Å². The summed E-state index contributed by atoms with van der Waals surface area (Å²) in [5.74, 6) is -0.493. The maximum Gasteiger partial charge on any atom is 0.311 e. The number of alkyl halides is 2. The highest BCUT2D eigenvalue weighted by Crippen LogP contribution is 2.29. The van der Waals surface area contributed by atoms with Crippen LogP contribution in [0.1, 0.15) is 23.2 Å². The zero-order valence-corrected chi connectivity index (χ0v) is 9.52. The van der Waals surface area contributed by atoms with Crippen molar-refractivity contribution in [2.45, 2.75) is 19.8 Å². The van der Waals surface area contributed by atoms with Crippen molar-refractivity contribution in [2.24, 2.45) is 0 Å². The summed E-state index contributed by atoms with van der Waals surface area (Å²) in [5, 5.41) is -0.270. The van der Waals surface area contributed by atoms with E-state index in [9.17, 15) is 13.6 Å². The maximum absolute atomic E-state index is 12.5. The molecule has 0 bridgehead atoms. The highest BCUT2D eigenvalue weighted by Gasteiger charge is 2.18. The predicted octanol–water partition coefficient (Wildman–Crippen LogP) is 2.70. The molecule has 0 saturated carbocycles. The highest BCUT2D eigenvalue weighted by molar-refractivity contribution is 6.30. The summed E-state index contributed by atoms with van der Waals surface area (Å²) in [6.45, 7) is 1.50.